The Morgan fingerprint density at radius 2 is 2.11 bits per heavy atom. The predicted octanol–water partition coefficient (Wildman–Crippen LogP) is 2.17. The van der Waals surface area contributed by atoms with Crippen LogP contribution in [0.25, 0.3) is 0 Å². The summed E-state index contributed by atoms with van der Waals surface area (Å²) in [6.07, 6.45) is 3.24. The number of amidine groups is 1. The third kappa shape index (κ3) is 2.57. The first-order valence-corrected chi connectivity index (χ1v) is 5.31. The third-order valence-electron chi connectivity index (χ3n) is 2.34. The van der Waals surface area contributed by atoms with Crippen LogP contribution in [0.5, 0.6) is 17.2 Å². The van der Waals surface area contributed by atoms with Crippen LogP contribution in [-0.4, -0.2) is 17.9 Å². The fourth-order valence-corrected chi connectivity index (χ4v) is 1.47. The number of nitrogens with one attached hydrogen (secondary N) is 1. The van der Waals surface area contributed by atoms with Crippen molar-refractivity contribution in [1.82, 2.24) is 4.98 Å². The van der Waals surface area contributed by atoms with Crippen molar-refractivity contribution in [2.75, 3.05) is 7.11 Å². The van der Waals surface area contributed by atoms with Gasteiger partial charge in [-0.25, -0.2) is 0 Å². The molecule has 0 radical (unpaired) electrons. The van der Waals surface area contributed by atoms with Crippen molar-refractivity contribution >= 4 is 5.84 Å². The van der Waals surface area contributed by atoms with Crippen LogP contribution in [0, 0.1) is 5.41 Å². The molecule has 0 spiro atoms. The van der Waals surface area contributed by atoms with Crippen LogP contribution in [0.15, 0.2) is 42.7 Å². The van der Waals surface area contributed by atoms with Gasteiger partial charge in [-0.05, 0) is 24.3 Å². The van der Waals surface area contributed by atoms with Crippen LogP contribution in [0.4, 0.5) is 0 Å². The molecule has 2 rings (SSSR count). The molecule has 2 aromatic rings. The van der Waals surface area contributed by atoms with Crippen LogP contribution >= 0.6 is 0 Å². The Bertz CT molecular complexity index is 555. The molecule has 0 atom stereocenters. The normalized spacial score (nSPS) is 9.83. The number of nitrogen functional groups attached to an aromatic ring is 1. The molecular weight excluding hydrogens is 230 g/mol. The van der Waals surface area contributed by atoms with Gasteiger partial charge < -0.3 is 15.2 Å². The quantitative estimate of drug-likeness (QED) is 0.637. The van der Waals surface area contributed by atoms with E-state index in [0.29, 0.717) is 22.8 Å². The molecule has 92 valence electrons. The average Bonchev–Trinajstić information content (AvgIpc) is 2.39. The summed E-state index contributed by atoms with van der Waals surface area (Å²) >= 11 is 0. The third-order valence-corrected chi connectivity index (χ3v) is 2.34. The summed E-state index contributed by atoms with van der Waals surface area (Å²) in [6, 6.07) is 8.64. The Hall–Kier alpha value is -2.56. The number of hydrogen-bond acceptors (Lipinski definition) is 4. The number of nitrogens with zero attached hydrogens (tertiary/aromatic N) is 1. The largest absolute Gasteiger partial charge is 0.497 e. The molecule has 0 aliphatic heterocycles. The smallest absolute Gasteiger partial charge is 0.145 e. The first kappa shape index (κ1) is 11.9. The molecule has 0 aliphatic rings. The fourth-order valence-electron chi connectivity index (χ4n) is 1.47. The molecule has 0 amide bonds. The Kier molecular flexibility index (Phi) is 3.43. The summed E-state index contributed by atoms with van der Waals surface area (Å²) in [5.74, 6) is 1.62. The zero-order chi connectivity index (χ0) is 13.0. The second kappa shape index (κ2) is 5.18. The van der Waals surface area contributed by atoms with E-state index in [1.54, 1.807) is 49.8 Å². The number of methoxy groups -OCH3 is 1. The number of ether oxygens (including phenoxy) is 2. The summed E-state index contributed by atoms with van der Waals surface area (Å²) in [5, 5.41) is 7.51. The number of hydrogen-bond donors (Lipinski definition) is 2. The monoisotopic (exact) mass is 243 g/mol. The summed E-state index contributed by atoms with van der Waals surface area (Å²) in [6.45, 7) is 0. The first-order chi connectivity index (χ1) is 8.70. The van der Waals surface area contributed by atoms with Gasteiger partial charge in [0.25, 0.3) is 0 Å². The van der Waals surface area contributed by atoms with Crippen LogP contribution in [0.1, 0.15) is 5.56 Å². The molecule has 5 heteroatoms. The molecule has 0 saturated carbocycles. The van der Waals surface area contributed by atoms with E-state index in [1.807, 2.05) is 0 Å². The Morgan fingerprint density at radius 1 is 1.28 bits per heavy atom. The molecule has 0 bridgehead atoms. The standard InChI is InChI=1S/C13H13N3O2/c1-17-9-4-5-11(13(14)15)12(7-9)18-10-3-2-6-16-8-10/h2-8H,1H3,(H3,14,15). The van der Waals surface area contributed by atoms with Crippen molar-refractivity contribution in [3.63, 3.8) is 0 Å². The van der Waals surface area contributed by atoms with E-state index in [9.17, 15) is 0 Å². The van der Waals surface area contributed by atoms with E-state index in [0.717, 1.165) is 0 Å². The van der Waals surface area contributed by atoms with Crippen molar-refractivity contribution in [1.29, 1.82) is 5.41 Å². The fraction of sp³-hybridized carbons (Fsp3) is 0.0769. The highest BCUT2D eigenvalue weighted by atomic mass is 16.5. The van der Waals surface area contributed by atoms with Gasteiger partial charge in [0, 0.05) is 12.3 Å². The second-order valence-corrected chi connectivity index (χ2v) is 3.57. The van der Waals surface area contributed by atoms with Crippen molar-refractivity contribution in [2.24, 2.45) is 5.73 Å². The van der Waals surface area contributed by atoms with Crippen LogP contribution in [-0.2, 0) is 0 Å². The Morgan fingerprint density at radius 3 is 2.72 bits per heavy atom. The molecule has 0 fully saturated rings. The lowest BCUT2D eigenvalue weighted by Gasteiger charge is -2.11. The molecule has 18 heavy (non-hydrogen) atoms. The summed E-state index contributed by atoms with van der Waals surface area (Å²) in [4.78, 5) is 3.96. The van der Waals surface area contributed by atoms with Crippen molar-refractivity contribution in [2.45, 2.75) is 0 Å². The lowest BCUT2D eigenvalue weighted by molar-refractivity contribution is 0.408. The van der Waals surface area contributed by atoms with Gasteiger partial charge in [0.15, 0.2) is 0 Å². The molecule has 3 N–H and O–H groups in total. The van der Waals surface area contributed by atoms with Gasteiger partial charge in [-0.1, -0.05) is 0 Å². The van der Waals surface area contributed by atoms with E-state index in [1.165, 1.54) is 0 Å². The van der Waals surface area contributed by atoms with Gasteiger partial charge in [-0.15, -0.1) is 0 Å². The average molecular weight is 243 g/mol. The van der Waals surface area contributed by atoms with Crippen LogP contribution < -0.4 is 15.2 Å². The van der Waals surface area contributed by atoms with Crippen LogP contribution in [0.2, 0.25) is 0 Å². The maximum Gasteiger partial charge on any atom is 0.145 e. The number of rotatable bonds is 4. The summed E-state index contributed by atoms with van der Waals surface area (Å²) in [5.41, 5.74) is 6.02. The minimum Gasteiger partial charge on any atom is -0.497 e. The molecule has 1 heterocycles. The molecule has 1 aromatic heterocycles. The highest BCUT2D eigenvalue weighted by Crippen LogP contribution is 2.28. The lowest BCUT2D eigenvalue weighted by atomic mass is 10.1. The Labute approximate surface area is 105 Å². The van der Waals surface area contributed by atoms with Crippen molar-refractivity contribution in [3.05, 3.63) is 48.3 Å². The Balaban J connectivity index is 2.38. The zero-order valence-electron chi connectivity index (χ0n) is 9.88. The van der Waals surface area contributed by atoms with Gasteiger partial charge in [0.05, 0.1) is 18.9 Å². The molecule has 0 saturated heterocycles. The first-order valence-electron chi connectivity index (χ1n) is 5.31. The van der Waals surface area contributed by atoms with E-state index < -0.39 is 0 Å². The molecular formula is C13H13N3O2. The summed E-state index contributed by atoms with van der Waals surface area (Å²) < 4.78 is 10.8. The second-order valence-electron chi connectivity index (χ2n) is 3.57. The maximum atomic E-state index is 7.51. The molecule has 1 aromatic carbocycles. The van der Waals surface area contributed by atoms with Gasteiger partial charge in [0.1, 0.15) is 23.1 Å². The van der Waals surface area contributed by atoms with Gasteiger partial charge in [-0.3, -0.25) is 10.4 Å². The predicted molar refractivity (Wildman–Crippen MR) is 68.3 cm³/mol. The van der Waals surface area contributed by atoms with Crippen molar-refractivity contribution < 1.29 is 9.47 Å². The van der Waals surface area contributed by atoms with Crippen molar-refractivity contribution in [3.8, 4) is 17.2 Å². The van der Waals surface area contributed by atoms with Gasteiger partial charge >= 0.3 is 0 Å². The molecule has 0 aliphatic carbocycles. The number of benzene rings is 1. The van der Waals surface area contributed by atoms with Gasteiger partial charge in [0.2, 0.25) is 0 Å². The topological polar surface area (TPSA) is 81.2 Å². The van der Waals surface area contributed by atoms with E-state index in [4.69, 9.17) is 20.6 Å². The highest BCUT2D eigenvalue weighted by Gasteiger charge is 2.09. The van der Waals surface area contributed by atoms with E-state index in [-0.39, 0.29) is 5.84 Å². The van der Waals surface area contributed by atoms with E-state index in [2.05, 4.69) is 4.98 Å². The van der Waals surface area contributed by atoms with E-state index >= 15 is 0 Å². The number of pyridine rings is 1. The zero-order valence-corrected chi connectivity index (χ0v) is 9.88. The van der Waals surface area contributed by atoms with Crippen LogP contribution in [0.3, 0.4) is 0 Å². The SMILES string of the molecule is COc1ccc(C(=N)N)c(Oc2cccnc2)c1. The molecule has 5 nitrogen and oxygen atoms in total. The van der Waals surface area contributed by atoms with Gasteiger partial charge in [-0.2, -0.15) is 0 Å². The lowest BCUT2D eigenvalue weighted by Crippen LogP contribution is -2.12. The minimum atomic E-state index is -0.0588. The number of aromatic nitrogens is 1. The maximum absolute atomic E-state index is 7.51. The molecule has 0 unspecified atom stereocenters. The number of nitrogens with two attached hydrogens (primary N) is 1. The minimum absolute atomic E-state index is 0.0588. The highest BCUT2D eigenvalue weighted by molar-refractivity contribution is 5.97. The summed E-state index contributed by atoms with van der Waals surface area (Å²) in [7, 11) is 1.57.